The van der Waals surface area contributed by atoms with Crippen LogP contribution in [0.3, 0.4) is 0 Å². The molecule has 0 spiro atoms. The minimum Gasteiger partial charge on any atom is -0.308 e. The maximum atomic E-state index is 12.3. The molecule has 7 heteroatoms. The van der Waals surface area contributed by atoms with Crippen LogP contribution >= 0.6 is 0 Å². The second kappa shape index (κ2) is 6.92. The van der Waals surface area contributed by atoms with Crippen molar-refractivity contribution < 1.29 is 13.2 Å². The van der Waals surface area contributed by atoms with Crippen molar-refractivity contribution in [1.29, 1.82) is 0 Å². The highest BCUT2D eigenvalue weighted by atomic mass is 32.2. The number of urea groups is 1. The molecular weight excluding hydrogens is 362 g/mol. The van der Waals surface area contributed by atoms with Gasteiger partial charge in [-0.1, -0.05) is 36.4 Å². The molecule has 138 valence electrons. The Morgan fingerprint density at radius 2 is 1.63 bits per heavy atom. The van der Waals surface area contributed by atoms with Crippen LogP contribution in [-0.4, -0.2) is 26.7 Å². The van der Waals surface area contributed by atoms with Crippen molar-refractivity contribution >= 4 is 43.9 Å². The normalized spacial score (nSPS) is 15.6. The first-order valence-corrected chi connectivity index (χ1v) is 10.3. The van der Waals surface area contributed by atoms with Crippen molar-refractivity contribution in [3.05, 3.63) is 66.7 Å². The number of hydrogen-bond acceptors (Lipinski definition) is 3. The van der Waals surface area contributed by atoms with Gasteiger partial charge in [-0.15, -0.1) is 0 Å². The number of sulfonamides is 1. The Morgan fingerprint density at radius 1 is 0.889 bits per heavy atom. The number of fused-ring (bicyclic) bond motifs is 1. The maximum Gasteiger partial charge on any atom is 0.323 e. The summed E-state index contributed by atoms with van der Waals surface area (Å²) in [7, 11) is -3.20. The van der Waals surface area contributed by atoms with E-state index in [-0.39, 0.29) is 11.8 Å². The highest BCUT2D eigenvalue weighted by molar-refractivity contribution is 7.93. The van der Waals surface area contributed by atoms with Crippen LogP contribution in [0.4, 0.5) is 21.9 Å². The largest absolute Gasteiger partial charge is 0.323 e. The van der Waals surface area contributed by atoms with Crippen LogP contribution in [0.5, 0.6) is 0 Å². The number of amides is 2. The van der Waals surface area contributed by atoms with Gasteiger partial charge in [0.05, 0.1) is 17.1 Å². The van der Waals surface area contributed by atoms with Crippen molar-refractivity contribution in [2.75, 3.05) is 27.2 Å². The van der Waals surface area contributed by atoms with Crippen LogP contribution in [0.25, 0.3) is 10.8 Å². The zero-order valence-corrected chi connectivity index (χ0v) is 15.4. The molecule has 0 bridgehead atoms. The first kappa shape index (κ1) is 17.4. The Hall–Kier alpha value is -3.06. The minimum absolute atomic E-state index is 0.181. The van der Waals surface area contributed by atoms with Crippen LogP contribution < -0.4 is 14.9 Å². The molecule has 0 radical (unpaired) electrons. The molecule has 0 unspecified atom stereocenters. The highest BCUT2D eigenvalue weighted by Gasteiger charge is 2.28. The highest BCUT2D eigenvalue weighted by Crippen LogP contribution is 2.26. The summed E-state index contributed by atoms with van der Waals surface area (Å²) in [6.45, 7) is 0.497. The smallest absolute Gasteiger partial charge is 0.308 e. The van der Waals surface area contributed by atoms with Gasteiger partial charge in [-0.05, 0) is 42.1 Å². The van der Waals surface area contributed by atoms with Gasteiger partial charge in [0.2, 0.25) is 10.0 Å². The first-order valence-electron chi connectivity index (χ1n) is 8.69. The number of carbonyl (C=O) groups excluding carboxylic acids is 1. The summed E-state index contributed by atoms with van der Waals surface area (Å²) in [6, 6.07) is 20.0. The number of carbonyl (C=O) groups is 1. The second-order valence-electron chi connectivity index (χ2n) is 6.39. The molecule has 0 aromatic heterocycles. The number of rotatable bonds is 3. The van der Waals surface area contributed by atoms with Gasteiger partial charge in [0.25, 0.3) is 0 Å². The standard InChI is InChI=1S/C20H19N3O3S/c24-20(22-19-8-3-6-15-5-1-2-7-18(15)19)21-16-9-11-17(12-10-16)23-13-4-14-27(23,25)26/h1-3,5-12H,4,13-14H2,(H2,21,22,24). The van der Waals surface area contributed by atoms with E-state index >= 15 is 0 Å². The number of anilines is 3. The lowest BCUT2D eigenvalue weighted by Gasteiger charge is -2.17. The van der Waals surface area contributed by atoms with Crippen LogP contribution in [-0.2, 0) is 10.0 Å². The van der Waals surface area contributed by atoms with E-state index in [1.807, 2.05) is 42.5 Å². The minimum atomic E-state index is -3.20. The van der Waals surface area contributed by atoms with Gasteiger partial charge in [0.15, 0.2) is 0 Å². The van der Waals surface area contributed by atoms with Gasteiger partial charge in [0.1, 0.15) is 0 Å². The zero-order chi connectivity index (χ0) is 18.9. The molecule has 0 aliphatic carbocycles. The quantitative estimate of drug-likeness (QED) is 0.719. The van der Waals surface area contributed by atoms with Gasteiger partial charge in [-0.2, -0.15) is 0 Å². The average Bonchev–Trinajstić information content (AvgIpc) is 3.02. The molecule has 1 aliphatic rings. The summed E-state index contributed by atoms with van der Waals surface area (Å²) in [4.78, 5) is 12.3. The van der Waals surface area contributed by atoms with Gasteiger partial charge in [-0.25, -0.2) is 13.2 Å². The molecule has 0 atom stereocenters. The Morgan fingerprint density at radius 3 is 2.37 bits per heavy atom. The summed E-state index contributed by atoms with van der Waals surface area (Å²) < 4.78 is 25.4. The third-order valence-corrected chi connectivity index (χ3v) is 6.42. The zero-order valence-electron chi connectivity index (χ0n) is 14.6. The Kier molecular flexibility index (Phi) is 4.45. The summed E-state index contributed by atoms with van der Waals surface area (Å²) in [5.74, 6) is 0.181. The molecular formula is C20H19N3O3S. The number of nitrogens with one attached hydrogen (secondary N) is 2. The summed E-state index contributed by atoms with van der Waals surface area (Å²) in [5, 5.41) is 7.65. The lowest BCUT2D eigenvalue weighted by Crippen LogP contribution is -2.25. The number of hydrogen-bond donors (Lipinski definition) is 2. The molecule has 2 N–H and O–H groups in total. The van der Waals surface area contributed by atoms with Crippen LogP contribution in [0.1, 0.15) is 6.42 Å². The van der Waals surface area contributed by atoms with Crippen LogP contribution in [0, 0.1) is 0 Å². The van der Waals surface area contributed by atoms with Crippen molar-refractivity contribution in [1.82, 2.24) is 0 Å². The second-order valence-corrected chi connectivity index (χ2v) is 8.41. The molecule has 27 heavy (non-hydrogen) atoms. The molecule has 1 aliphatic heterocycles. The van der Waals surface area contributed by atoms with E-state index in [0.717, 1.165) is 16.5 Å². The molecule has 0 saturated carbocycles. The Labute approximate surface area is 157 Å². The fraction of sp³-hybridized carbons (Fsp3) is 0.150. The Balaban J connectivity index is 1.47. The lowest BCUT2D eigenvalue weighted by molar-refractivity contribution is 0.262. The fourth-order valence-electron chi connectivity index (χ4n) is 3.26. The molecule has 6 nitrogen and oxygen atoms in total. The van der Waals surface area contributed by atoms with Crippen molar-refractivity contribution in [3.63, 3.8) is 0 Å². The third kappa shape index (κ3) is 3.59. The number of nitrogens with zero attached hydrogens (tertiary/aromatic N) is 1. The van der Waals surface area contributed by atoms with E-state index < -0.39 is 10.0 Å². The van der Waals surface area contributed by atoms with E-state index in [0.29, 0.717) is 24.3 Å². The van der Waals surface area contributed by atoms with E-state index in [4.69, 9.17) is 0 Å². The van der Waals surface area contributed by atoms with Gasteiger partial charge >= 0.3 is 6.03 Å². The van der Waals surface area contributed by atoms with Crippen LogP contribution in [0.2, 0.25) is 0 Å². The average molecular weight is 381 g/mol. The van der Waals surface area contributed by atoms with Crippen LogP contribution in [0.15, 0.2) is 66.7 Å². The molecule has 1 heterocycles. The first-order chi connectivity index (χ1) is 13.0. The predicted molar refractivity (Wildman–Crippen MR) is 109 cm³/mol. The van der Waals surface area contributed by atoms with E-state index in [9.17, 15) is 13.2 Å². The maximum absolute atomic E-state index is 12.3. The van der Waals surface area contributed by atoms with E-state index in [1.165, 1.54) is 4.31 Å². The van der Waals surface area contributed by atoms with Crippen molar-refractivity contribution in [3.8, 4) is 0 Å². The SMILES string of the molecule is O=C(Nc1ccc(N2CCCS2(=O)=O)cc1)Nc1cccc2ccccc12. The van der Waals surface area contributed by atoms with Crippen molar-refractivity contribution in [2.24, 2.45) is 0 Å². The molecule has 4 rings (SSSR count). The van der Waals surface area contributed by atoms with Gasteiger partial charge < -0.3 is 10.6 Å². The molecule has 1 fully saturated rings. The summed E-state index contributed by atoms with van der Waals surface area (Å²) in [6.07, 6.45) is 0.635. The molecule has 3 aromatic carbocycles. The topological polar surface area (TPSA) is 78.5 Å². The predicted octanol–water partition coefficient (Wildman–Crippen LogP) is 4.02. The van der Waals surface area contributed by atoms with E-state index in [1.54, 1.807) is 24.3 Å². The van der Waals surface area contributed by atoms with Crippen molar-refractivity contribution in [2.45, 2.75) is 6.42 Å². The van der Waals surface area contributed by atoms with Gasteiger partial charge in [0, 0.05) is 17.6 Å². The third-order valence-electron chi connectivity index (χ3n) is 4.55. The lowest BCUT2D eigenvalue weighted by atomic mass is 10.1. The monoisotopic (exact) mass is 381 g/mol. The van der Waals surface area contributed by atoms with Gasteiger partial charge in [-0.3, -0.25) is 4.31 Å². The fourth-order valence-corrected chi connectivity index (χ4v) is 4.82. The Bertz CT molecular complexity index is 1090. The molecule has 3 aromatic rings. The number of benzene rings is 3. The summed E-state index contributed by atoms with van der Waals surface area (Å²) >= 11 is 0. The van der Waals surface area contributed by atoms with E-state index in [2.05, 4.69) is 10.6 Å². The summed E-state index contributed by atoms with van der Waals surface area (Å²) in [5.41, 5.74) is 1.94. The molecule has 2 amide bonds. The molecule has 1 saturated heterocycles.